The van der Waals surface area contributed by atoms with E-state index in [0.29, 0.717) is 18.2 Å². The van der Waals surface area contributed by atoms with Crippen molar-refractivity contribution >= 4 is 0 Å². The van der Waals surface area contributed by atoms with Crippen molar-refractivity contribution < 1.29 is 14.5 Å². The third kappa shape index (κ3) is 5.41. The zero-order valence-corrected chi connectivity index (χ0v) is 9.52. The molecule has 1 fully saturated rings. The minimum absolute atomic E-state index is 0.00281. The molecular weight excluding hydrogens is 198 g/mol. The highest BCUT2D eigenvalue weighted by atomic mass is 16.7. The quantitative estimate of drug-likeness (QED) is 0.440. The lowest BCUT2D eigenvalue weighted by Crippen LogP contribution is -2.40. The Hall–Kier alpha value is -1.04. The van der Waals surface area contributed by atoms with E-state index in [0.717, 1.165) is 12.8 Å². The molecule has 0 aliphatic carbocycles. The van der Waals surface area contributed by atoms with Crippen molar-refractivity contribution in [3.05, 3.63) is 5.21 Å². The molecule has 88 valence electrons. The summed E-state index contributed by atoms with van der Waals surface area (Å²) in [6.07, 6.45) is 1.57. The Bertz CT molecular complexity index is 219. The molecule has 6 nitrogen and oxygen atoms in total. The third-order valence-electron chi connectivity index (χ3n) is 1.87. The molecule has 1 rings (SSSR count). The maximum atomic E-state index is 11.2. The standard InChI is InChI=1S/C9H19N3O3/c1-9(2,3)10-12(13)11-15-8-4-6-14-7-5-8/h8H,4-7H2,1-3H3,(H,10,11). The number of nitrogens with zero attached hydrogens (tertiary/aromatic N) is 2. The van der Waals surface area contributed by atoms with Gasteiger partial charge in [-0.3, -0.25) is 0 Å². The predicted molar refractivity (Wildman–Crippen MR) is 53.9 cm³/mol. The second-order valence-electron chi connectivity index (χ2n) is 4.63. The maximum Gasteiger partial charge on any atom is 0.233 e. The van der Waals surface area contributed by atoms with Gasteiger partial charge in [0.15, 0.2) is 0 Å². The number of hydrazine groups is 1. The van der Waals surface area contributed by atoms with E-state index in [9.17, 15) is 5.21 Å². The van der Waals surface area contributed by atoms with E-state index in [4.69, 9.17) is 9.57 Å². The minimum Gasteiger partial charge on any atom is -0.569 e. The molecule has 0 aromatic rings. The Morgan fingerprint density at radius 1 is 1.40 bits per heavy atom. The Balaban J connectivity index is 2.29. The summed E-state index contributed by atoms with van der Waals surface area (Å²) in [5, 5.41) is 14.6. The molecule has 0 atom stereocenters. The van der Waals surface area contributed by atoms with Gasteiger partial charge >= 0.3 is 0 Å². The van der Waals surface area contributed by atoms with Gasteiger partial charge in [-0.15, -0.1) is 0 Å². The van der Waals surface area contributed by atoms with Crippen molar-refractivity contribution in [2.45, 2.75) is 45.3 Å². The van der Waals surface area contributed by atoms with Crippen molar-refractivity contribution in [1.29, 1.82) is 0 Å². The largest absolute Gasteiger partial charge is 0.569 e. The van der Waals surface area contributed by atoms with Gasteiger partial charge < -0.3 is 14.8 Å². The van der Waals surface area contributed by atoms with Gasteiger partial charge in [-0.1, -0.05) is 0 Å². The number of rotatable bonds is 3. The second kappa shape index (κ2) is 5.16. The number of hydrogen-bond acceptors (Lipinski definition) is 4. The summed E-state index contributed by atoms with van der Waals surface area (Å²) in [7, 11) is 0. The monoisotopic (exact) mass is 217 g/mol. The molecule has 1 heterocycles. The number of nitrogens with one attached hydrogen (secondary N) is 1. The lowest BCUT2D eigenvalue weighted by molar-refractivity contribution is -0.626. The summed E-state index contributed by atoms with van der Waals surface area (Å²) in [5.74, 6) is 0. The van der Waals surface area contributed by atoms with Crippen molar-refractivity contribution in [3.63, 3.8) is 0 Å². The zero-order valence-electron chi connectivity index (χ0n) is 9.52. The molecule has 1 N–H and O–H groups in total. The first-order valence-corrected chi connectivity index (χ1v) is 5.17. The molecular formula is C9H19N3O3. The average molecular weight is 217 g/mol. The summed E-state index contributed by atoms with van der Waals surface area (Å²) in [6, 6.07) is 0. The molecule has 0 bridgehead atoms. The van der Waals surface area contributed by atoms with E-state index in [1.165, 1.54) is 0 Å². The molecule has 6 heteroatoms. The summed E-state index contributed by atoms with van der Waals surface area (Å²) >= 11 is 0. The van der Waals surface area contributed by atoms with Crippen molar-refractivity contribution in [2.24, 2.45) is 5.28 Å². The van der Waals surface area contributed by atoms with E-state index in [1.807, 2.05) is 20.8 Å². The lowest BCUT2D eigenvalue weighted by Gasteiger charge is -2.19. The van der Waals surface area contributed by atoms with Gasteiger partial charge in [0.1, 0.15) is 6.10 Å². The number of ether oxygens (including phenoxy) is 1. The molecule has 0 radical (unpaired) electrons. The van der Waals surface area contributed by atoms with Crippen LogP contribution in [0.1, 0.15) is 33.6 Å². The first-order chi connectivity index (χ1) is 6.97. The molecule has 1 saturated heterocycles. The van der Waals surface area contributed by atoms with Crippen LogP contribution in [-0.4, -0.2) is 29.8 Å². The molecule has 15 heavy (non-hydrogen) atoms. The van der Waals surface area contributed by atoms with E-state index in [1.54, 1.807) is 0 Å². The van der Waals surface area contributed by atoms with E-state index < -0.39 is 0 Å². The van der Waals surface area contributed by atoms with Gasteiger partial charge in [-0.2, -0.15) is 5.43 Å². The van der Waals surface area contributed by atoms with E-state index in [2.05, 4.69) is 10.7 Å². The molecule has 1 aliphatic rings. The topological polar surface area (TPSA) is 68.9 Å². The Labute approximate surface area is 89.8 Å². The van der Waals surface area contributed by atoms with Crippen LogP contribution in [0.4, 0.5) is 0 Å². The average Bonchev–Trinajstić information content (AvgIpc) is 2.14. The van der Waals surface area contributed by atoms with Crippen LogP contribution in [-0.2, 0) is 9.57 Å². The van der Waals surface area contributed by atoms with E-state index in [-0.39, 0.29) is 11.6 Å². The smallest absolute Gasteiger partial charge is 0.233 e. The summed E-state index contributed by atoms with van der Waals surface area (Å²) < 4.78 is 5.16. The second-order valence-corrected chi connectivity index (χ2v) is 4.63. The van der Waals surface area contributed by atoms with Gasteiger partial charge in [-0.05, 0) is 20.8 Å². The fourth-order valence-corrected chi connectivity index (χ4v) is 1.20. The Morgan fingerprint density at radius 2 is 2.00 bits per heavy atom. The lowest BCUT2D eigenvalue weighted by atomic mass is 10.1. The molecule has 0 aromatic carbocycles. The highest BCUT2D eigenvalue weighted by molar-refractivity contribution is 4.62. The predicted octanol–water partition coefficient (Wildman–Crippen LogP) is 1.36. The highest BCUT2D eigenvalue weighted by Crippen LogP contribution is 2.10. The summed E-state index contributed by atoms with van der Waals surface area (Å²) in [6.45, 7) is 6.98. The van der Waals surface area contributed by atoms with Crippen LogP contribution in [0.3, 0.4) is 0 Å². The zero-order chi connectivity index (χ0) is 11.3. The molecule has 0 amide bonds. The van der Waals surface area contributed by atoms with E-state index >= 15 is 0 Å². The molecule has 1 aliphatic heterocycles. The SMILES string of the molecule is CC(C)(C)N/[N+]([O-])=N/OC1CCOCC1. The number of hydrogen-bond donors (Lipinski definition) is 1. The van der Waals surface area contributed by atoms with Crippen LogP contribution in [0.15, 0.2) is 5.28 Å². The van der Waals surface area contributed by atoms with Gasteiger partial charge in [0.05, 0.1) is 23.7 Å². The van der Waals surface area contributed by atoms with Crippen LogP contribution >= 0.6 is 0 Å². The minimum atomic E-state index is -0.315. The molecule has 0 aromatic heterocycles. The first kappa shape index (κ1) is 12.0. The Morgan fingerprint density at radius 3 is 2.53 bits per heavy atom. The van der Waals surface area contributed by atoms with Gasteiger partial charge in [0.25, 0.3) is 0 Å². The third-order valence-corrected chi connectivity index (χ3v) is 1.87. The highest BCUT2D eigenvalue weighted by Gasteiger charge is 2.18. The first-order valence-electron chi connectivity index (χ1n) is 5.17. The van der Waals surface area contributed by atoms with Crippen LogP contribution in [0.25, 0.3) is 0 Å². The van der Waals surface area contributed by atoms with Gasteiger partial charge in [0, 0.05) is 12.8 Å². The summed E-state index contributed by atoms with van der Waals surface area (Å²) in [5.41, 5.74) is 2.30. The maximum absolute atomic E-state index is 11.2. The Kier molecular flexibility index (Phi) is 4.14. The molecule has 0 spiro atoms. The summed E-state index contributed by atoms with van der Waals surface area (Å²) in [4.78, 5) is 5.46. The normalized spacial score (nSPS) is 20.1. The molecule has 0 saturated carbocycles. The van der Waals surface area contributed by atoms with Crippen LogP contribution in [0.5, 0.6) is 0 Å². The molecule has 0 unspecified atom stereocenters. The van der Waals surface area contributed by atoms with Crippen molar-refractivity contribution in [2.75, 3.05) is 13.2 Å². The fraction of sp³-hybridized carbons (Fsp3) is 1.00. The van der Waals surface area contributed by atoms with Crippen LogP contribution in [0.2, 0.25) is 0 Å². The van der Waals surface area contributed by atoms with Gasteiger partial charge in [-0.25, -0.2) is 0 Å². The van der Waals surface area contributed by atoms with Crippen LogP contribution in [0, 0.1) is 5.21 Å². The van der Waals surface area contributed by atoms with Crippen molar-refractivity contribution in [1.82, 2.24) is 5.43 Å². The van der Waals surface area contributed by atoms with Gasteiger partial charge in [0.2, 0.25) is 5.28 Å². The van der Waals surface area contributed by atoms with Crippen LogP contribution < -0.4 is 5.43 Å². The fourth-order valence-electron chi connectivity index (χ4n) is 1.20. The van der Waals surface area contributed by atoms with Crippen molar-refractivity contribution in [3.8, 4) is 0 Å².